The first-order valence-electron chi connectivity index (χ1n) is 18.9. The van der Waals surface area contributed by atoms with Crippen LogP contribution >= 0.6 is 0 Å². The molecular weight excluding hydrogens is 795 g/mol. The Labute approximate surface area is 337 Å². The number of aromatic nitrogens is 1. The smallest absolute Gasteiger partial charge is 0.475 e. The topological polar surface area (TPSA) is 189 Å². The third-order valence-corrected chi connectivity index (χ3v) is 10.0. The van der Waals surface area contributed by atoms with Crippen LogP contribution in [-0.2, 0) is 43.2 Å². The number of pyridine rings is 1. The van der Waals surface area contributed by atoms with Crippen LogP contribution in [0, 0.1) is 24.6 Å². The number of alkyl halides is 6. The summed E-state index contributed by atoms with van der Waals surface area (Å²) in [6.07, 6.45) is -4.01. The Morgan fingerprint density at radius 3 is 1.88 bits per heavy atom. The molecule has 0 bridgehead atoms. The minimum atomic E-state index is -5.08. The normalized spacial score (nSPS) is 19.7. The number of nitrogens with two attached hydrogens (primary N) is 1. The number of halogens is 7. The molecule has 1 fully saturated rings. The lowest BCUT2D eigenvalue weighted by molar-refractivity contribution is -0.193. The van der Waals surface area contributed by atoms with Gasteiger partial charge in [0.2, 0.25) is 0 Å². The van der Waals surface area contributed by atoms with Crippen molar-refractivity contribution >= 4 is 40.2 Å². The molecule has 6 rings (SSSR count). The highest BCUT2D eigenvalue weighted by atomic mass is 19.4. The molecule has 0 saturated heterocycles. The van der Waals surface area contributed by atoms with Crippen LogP contribution in [0.25, 0.3) is 16.5 Å². The van der Waals surface area contributed by atoms with Crippen molar-refractivity contribution in [2.45, 2.75) is 118 Å². The van der Waals surface area contributed by atoms with Crippen molar-refractivity contribution in [3.05, 3.63) is 68.3 Å². The summed E-state index contributed by atoms with van der Waals surface area (Å²) in [5.41, 5.74) is 15.3. The highest BCUT2D eigenvalue weighted by Crippen LogP contribution is 2.43. The number of aliphatic carboxylic acids is 2. The molecule has 0 spiro atoms. The maximum absolute atomic E-state index is 14.8. The van der Waals surface area contributed by atoms with Crippen LogP contribution < -0.4 is 11.1 Å². The number of hydrogen-bond acceptors (Lipinski definition) is 9. The quantitative estimate of drug-likeness (QED) is 0.152. The van der Waals surface area contributed by atoms with E-state index in [0.29, 0.717) is 22.2 Å². The van der Waals surface area contributed by atoms with Gasteiger partial charge in [0.25, 0.3) is 0 Å². The molecule has 1 saturated carbocycles. The summed E-state index contributed by atoms with van der Waals surface area (Å²) in [6.45, 7) is 15.7. The number of aryl methyl sites for hydroxylation is 2. The summed E-state index contributed by atoms with van der Waals surface area (Å²) in [6, 6.07) is 1.51. The van der Waals surface area contributed by atoms with Crippen LogP contribution in [0.3, 0.4) is 0 Å². The first kappa shape index (κ1) is 50.3. The fourth-order valence-electron chi connectivity index (χ4n) is 6.94. The summed E-state index contributed by atoms with van der Waals surface area (Å²) in [7, 11) is 1.94. The highest BCUT2D eigenvalue weighted by Gasteiger charge is 2.40. The molecular formula is C41H52F7N3O8. The number of Topliss-reactive ketones (excluding diaryl/α,β-unsaturated/α-hetero) is 1. The Kier molecular flexibility index (Phi) is 17.0. The summed E-state index contributed by atoms with van der Waals surface area (Å²) >= 11 is 0. The Balaban J connectivity index is 0.000000375. The number of rotatable bonds is 4. The molecule has 11 nitrogen and oxygen atoms in total. The van der Waals surface area contributed by atoms with Gasteiger partial charge in [-0.25, -0.2) is 23.8 Å². The van der Waals surface area contributed by atoms with E-state index in [1.807, 2.05) is 55.5 Å². The van der Waals surface area contributed by atoms with Crippen LogP contribution in [0.5, 0.6) is 0 Å². The molecule has 2 aromatic rings. The highest BCUT2D eigenvalue weighted by molar-refractivity contribution is 6.04. The van der Waals surface area contributed by atoms with E-state index >= 15 is 0 Å². The van der Waals surface area contributed by atoms with Crippen LogP contribution in [-0.4, -0.2) is 81.6 Å². The lowest BCUT2D eigenvalue weighted by atomic mass is 9.79. The zero-order valence-corrected chi connectivity index (χ0v) is 34.4. The van der Waals surface area contributed by atoms with Crippen LogP contribution in [0.4, 0.5) is 30.7 Å². The minimum absolute atomic E-state index is 0.126. The number of likely N-dealkylation sites (N-methyl/N-ethyl adjacent to an activating group) is 1. The van der Waals surface area contributed by atoms with Gasteiger partial charge >= 0.3 is 30.3 Å². The molecule has 0 radical (unpaired) electrons. The van der Waals surface area contributed by atoms with Crippen molar-refractivity contribution < 1.29 is 70.0 Å². The summed E-state index contributed by atoms with van der Waals surface area (Å²) in [5.74, 6) is -7.23. The molecule has 328 valence electrons. The number of ether oxygens (including phenoxy) is 1. The molecule has 1 aliphatic heterocycles. The molecule has 18 heteroatoms. The largest absolute Gasteiger partial charge is 0.490 e. The summed E-state index contributed by atoms with van der Waals surface area (Å²) in [4.78, 5) is 48.0. The first-order chi connectivity index (χ1) is 27.2. The van der Waals surface area contributed by atoms with Gasteiger partial charge in [0.15, 0.2) is 11.9 Å². The van der Waals surface area contributed by atoms with Crippen molar-refractivity contribution in [1.82, 2.24) is 10.3 Å². The molecule has 3 atom stereocenters. The number of benzene rings is 1. The van der Waals surface area contributed by atoms with Crippen LogP contribution in [0.1, 0.15) is 95.7 Å². The predicted octanol–water partition coefficient (Wildman–Crippen LogP) is 7.47. The fraction of sp³-hybridized carbons (Fsp3) is 0.537. The average Bonchev–Trinajstić information content (AvgIpc) is 3.99. The number of carboxylic acids is 2. The number of ketones is 1. The minimum Gasteiger partial charge on any atom is -0.475 e. The molecule has 0 amide bonds. The number of aliphatic hydroxyl groups excluding tert-OH is 1. The number of carbonyl (C=O) groups is 4. The Morgan fingerprint density at radius 2 is 1.46 bits per heavy atom. The molecule has 6 N–H and O–H groups in total. The lowest BCUT2D eigenvalue weighted by Crippen LogP contribution is -2.39. The number of nitrogens with zero attached hydrogens (tertiary/aromatic N) is 1. The molecule has 2 heterocycles. The van der Waals surface area contributed by atoms with Gasteiger partial charge in [-0.1, -0.05) is 34.6 Å². The maximum Gasteiger partial charge on any atom is 0.490 e. The zero-order valence-electron chi connectivity index (χ0n) is 34.4. The molecule has 3 unspecified atom stereocenters. The Morgan fingerprint density at radius 1 is 0.949 bits per heavy atom. The van der Waals surface area contributed by atoms with E-state index in [9.17, 15) is 45.4 Å². The third-order valence-electron chi connectivity index (χ3n) is 10.0. The van der Waals surface area contributed by atoms with Crippen molar-refractivity contribution in [2.24, 2.45) is 17.6 Å². The number of hydrogen-bond donors (Lipinski definition) is 5. The van der Waals surface area contributed by atoms with Gasteiger partial charge in [-0.3, -0.25) is 4.79 Å². The molecule has 4 aliphatic rings. The number of carbonyl (C=O) groups excluding carboxylic acids is 2. The first-order valence-corrected chi connectivity index (χ1v) is 18.9. The van der Waals surface area contributed by atoms with Gasteiger partial charge < -0.3 is 31.1 Å². The van der Waals surface area contributed by atoms with Gasteiger partial charge in [0.05, 0.1) is 16.7 Å². The Hall–Kier alpha value is -4.84. The predicted molar refractivity (Wildman–Crippen MR) is 205 cm³/mol. The van der Waals surface area contributed by atoms with Crippen molar-refractivity contribution in [2.75, 3.05) is 13.7 Å². The standard InChI is InChI=1S/C27H28FNO4.C8H16N2.2C2HF3O2.C2H6/c1-5-15-17-8-6-7-16-14(4)21(28)10-22(23(16)17)29-24(15)18-9-19-20(11-33-27(32)26(19)31)25(30)13(3)12(18)2;1-8(2,9)7(10-3)6-4-5-6;2*3-2(4,5)1(6)7;1-2/h9-10,12-13,26,31H,5-8,11H2,1-4H3;10H,4-5,9H2,1-3H3;2*(H,6,7);1-2H3. The van der Waals surface area contributed by atoms with Crippen molar-refractivity contribution in [1.29, 1.82) is 0 Å². The average molecular weight is 848 g/mol. The van der Waals surface area contributed by atoms with Gasteiger partial charge in [-0.05, 0) is 105 Å². The third kappa shape index (κ3) is 12.1. The zero-order chi connectivity index (χ0) is 45.5. The molecule has 1 aromatic heterocycles. The van der Waals surface area contributed by atoms with E-state index in [0.717, 1.165) is 53.5 Å². The maximum atomic E-state index is 14.8. The van der Waals surface area contributed by atoms with Gasteiger partial charge in [-0.15, -0.1) is 0 Å². The van der Waals surface area contributed by atoms with Gasteiger partial charge in [-0.2, -0.15) is 26.3 Å². The van der Waals surface area contributed by atoms with E-state index in [-0.39, 0.29) is 35.6 Å². The molecule has 1 aromatic carbocycles. The number of esters is 1. The second-order valence-electron chi connectivity index (χ2n) is 14.5. The van der Waals surface area contributed by atoms with Gasteiger partial charge in [0.1, 0.15) is 12.4 Å². The number of carboxylic acid groups (broad SMARTS) is 2. The second-order valence-corrected chi connectivity index (χ2v) is 14.5. The number of cyclic esters (lactones) is 1. The summed E-state index contributed by atoms with van der Waals surface area (Å²) in [5, 5.41) is 29.0. The number of allylic oxidation sites excluding steroid dienone is 2. The summed E-state index contributed by atoms with van der Waals surface area (Å²) < 4.78 is 83.3. The van der Waals surface area contributed by atoms with E-state index in [4.69, 9.17) is 35.3 Å². The van der Waals surface area contributed by atoms with Crippen molar-refractivity contribution in [3.63, 3.8) is 0 Å². The molecule has 3 aliphatic carbocycles. The fourth-order valence-corrected chi connectivity index (χ4v) is 6.94. The monoisotopic (exact) mass is 847 g/mol. The number of aliphatic hydroxyl groups is 1. The van der Waals surface area contributed by atoms with Crippen LogP contribution in [0.15, 0.2) is 34.6 Å². The number of nitrogens with one attached hydrogen (secondary N) is 1. The van der Waals surface area contributed by atoms with E-state index < -0.39 is 36.4 Å². The van der Waals surface area contributed by atoms with E-state index in [1.165, 1.54) is 35.7 Å². The lowest BCUT2D eigenvalue weighted by Gasteiger charge is -2.27. The molecule has 59 heavy (non-hydrogen) atoms. The van der Waals surface area contributed by atoms with Crippen LogP contribution in [0.2, 0.25) is 0 Å². The van der Waals surface area contributed by atoms with E-state index in [1.54, 1.807) is 6.08 Å². The SMILES string of the molecule is CC.CCc1c(C2=CC3=C(COC(=O)C3O)C(=O)C(C)C2C)nc2cc(F)c(C)c3c2c1CCC3.CNC(=C1CC1)C(C)(C)N.O=C(O)C(F)(F)F.O=C(O)C(F)(F)F. The Bertz CT molecular complexity index is 2000. The van der Waals surface area contributed by atoms with Gasteiger partial charge in [0, 0.05) is 41.3 Å². The van der Waals surface area contributed by atoms with Crippen molar-refractivity contribution in [3.8, 4) is 0 Å². The van der Waals surface area contributed by atoms with E-state index in [2.05, 4.69) is 12.2 Å². The second kappa shape index (κ2) is 19.9.